The number of carboxylic acid groups (broad SMARTS) is 1. The zero-order valence-electron chi connectivity index (χ0n) is 13.7. The molecule has 23 heavy (non-hydrogen) atoms. The van der Waals surface area contributed by atoms with E-state index in [2.05, 4.69) is 0 Å². The Morgan fingerprint density at radius 2 is 1.96 bits per heavy atom. The number of nitrogens with zero attached hydrogens (tertiary/aromatic N) is 1. The highest BCUT2D eigenvalue weighted by atomic mass is 16.5. The highest BCUT2D eigenvalue weighted by molar-refractivity contribution is 5.79. The Morgan fingerprint density at radius 3 is 2.52 bits per heavy atom. The monoisotopic (exact) mass is 321 g/mol. The van der Waals surface area contributed by atoms with Crippen molar-refractivity contribution in [3.8, 4) is 5.75 Å². The molecular formula is C17H23NO5. The van der Waals surface area contributed by atoms with Gasteiger partial charge in [0.25, 0.3) is 5.91 Å². The third kappa shape index (κ3) is 4.22. The van der Waals surface area contributed by atoms with Crippen molar-refractivity contribution in [2.75, 3.05) is 20.3 Å². The second-order valence-electron chi connectivity index (χ2n) is 5.90. The molecule has 1 aromatic carbocycles. The van der Waals surface area contributed by atoms with Gasteiger partial charge in [0.2, 0.25) is 0 Å². The number of methoxy groups -OCH3 is 1. The van der Waals surface area contributed by atoms with E-state index in [4.69, 9.17) is 14.6 Å². The first-order valence-electron chi connectivity index (χ1n) is 7.65. The van der Waals surface area contributed by atoms with E-state index in [1.807, 2.05) is 32.0 Å². The van der Waals surface area contributed by atoms with Gasteiger partial charge in [-0.25, -0.2) is 0 Å². The number of hydrogen-bond acceptors (Lipinski definition) is 4. The summed E-state index contributed by atoms with van der Waals surface area (Å²) in [6, 6.07) is 5.45. The molecule has 2 rings (SSSR count). The average Bonchev–Trinajstić information content (AvgIpc) is 2.89. The molecule has 6 heteroatoms. The summed E-state index contributed by atoms with van der Waals surface area (Å²) < 4.78 is 11.0. The molecule has 1 aliphatic rings. The Labute approximate surface area is 136 Å². The number of amides is 1. The molecule has 1 aromatic rings. The van der Waals surface area contributed by atoms with E-state index in [1.165, 1.54) is 0 Å². The number of likely N-dealkylation sites (tertiary alicyclic amines) is 1. The minimum Gasteiger partial charge on any atom is -0.483 e. The van der Waals surface area contributed by atoms with Crippen molar-refractivity contribution in [3.05, 3.63) is 29.3 Å². The van der Waals surface area contributed by atoms with Crippen molar-refractivity contribution in [1.29, 1.82) is 0 Å². The number of aliphatic carboxylic acids is 1. The Hall–Kier alpha value is -2.08. The van der Waals surface area contributed by atoms with Crippen LogP contribution in [0, 0.1) is 13.8 Å². The van der Waals surface area contributed by atoms with Gasteiger partial charge in [-0.2, -0.15) is 0 Å². The molecule has 126 valence electrons. The lowest BCUT2D eigenvalue weighted by Gasteiger charge is -2.23. The number of hydrogen-bond donors (Lipinski definition) is 1. The van der Waals surface area contributed by atoms with Crippen LogP contribution in [-0.4, -0.2) is 54.3 Å². The normalized spacial score (nSPS) is 20.6. The van der Waals surface area contributed by atoms with Gasteiger partial charge < -0.3 is 19.5 Å². The van der Waals surface area contributed by atoms with Crippen LogP contribution in [0.2, 0.25) is 0 Å². The summed E-state index contributed by atoms with van der Waals surface area (Å²) in [5.41, 5.74) is 1.94. The fourth-order valence-electron chi connectivity index (χ4n) is 2.99. The van der Waals surface area contributed by atoms with Crippen LogP contribution in [0.1, 0.15) is 24.0 Å². The number of ether oxygens (including phenoxy) is 2. The lowest BCUT2D eigenvalue weighted by molar-refractivity contribution is -0.140. The molecule has 0 bridgehead atoms. The van der Waals surface area contributed by atoms with Crippen molar-refractivity contribution in [3.63, 3.8) is 0 Å². The molecule has 0 saturated carbocycles. The molecule has 1 saturated heterocycles. The zero-order chi connectivity index (χ0) is 17.0. The maximum absolute atomic E-state index is 12.4. The Balaban J connectivity index is 2.02. The third-order valence-corrected chi connectivity index (χ3v) is 4.19. The number of carboxylic acids is 1. The van der Waals surface area contributed by atoms with Crippen LogP contribution in [0.4, 0.5) is 0 Å². The van der Waals surface area contributed by atoms with Crippen molar-refractivity contribution in [2.45, 2.75) is 38.8 Å². The van der Waals surface area contributed by atoms with Crippen LogP contribution in [-0.2, 0) is 14.3 Å². The Morgan fingerprint density at radius 1 is 1.30 bits per heavy atom. The van der Waals surface area contributed by atoms with Crippen LogP contribution in [0.5, 0.6) is 5.75 Å². The van der Waals surface area contributed by atoms with Gasteiger partial charge in [0.15, 0.2) is 6.61 Å². The lowest BCUT2D eigenvalue weighted by atomic mass is 10.1. The van der Waals surface area contributed by atoms with Crippen LogP contribution < -0.4 is 4.74 Å². The molecule has 1 fully saturated rings. The van der Waals surface area contributed by atoms with Crippen molar-refractivity contribution in [2.24, 2.45) is 0 Å². The quantitative estimate of drug-likeness (QED) is 0.864. The van der Waals surface area contributed by atoms with Gasteiger partial charge in [0, 0.05) is 19.7 Å². The second kappa shape index (κ2) is 7.46. The van der Waals surface area contributed by atoms with Crippen LogP contribution >= 0.6 is 0 Å². The molecule has 0 aromatic heterocycles. The summed E-state index contributed by atoms with van der Waals surface area (Å²) in [6.07, 6.45) is 0.343. The summed E-state index contributed by atoms with van der Waals surface area (Å²) in [4.78, 5) is 25.0. The molecule has 1 amide bonds. The highest BCUT2D eigenvalue weighted by Gasteiger charge is 2.36. The smallest absolute Gasteiger partial charge is 0.305 e. The number of carbonyl (C=O) groups is 2. The summed E-state index contributed by atoms with van der Waals surface area (Å²) in [7, 11) is 1.57. The first kappa shape index (κ1) is 17.3. The highest BCUT2D eigenvalue weighted by Crippen LogP contribution is 2.25. The van der Waals surface area contributed by atoms with E-state index in [-0.39, 0.29) is 31.1 Å². The topological polar surface area (TPSA) is 76.1 Å². The fourth-order valence-corrected chi connectivity index (χ4v) is 2.99. The zero-order valence-corrected chi connectivity index (χ0v) is 13.7. The minimum absolute atomic E-state index is 0.0744. The maximum atomic E-state index is 12.4. The van der Waals surface area contributed by atoms with Crippen LogP contribution in [0.25, 0.3) is 0 Å². The SMILES string of the molecule is COC1CC(CC(=O)O)N(C(=O)COc2c(C)cccc2C)C1. The van der Waals surface area contributed by atoms with Gasteiger partial charge in [0.1, 0.15) is 5.75 Å². The molecule has 2 atom stereocenters. The number of aryl methyl sites for hydroxylation is 2. The number of para-hydroxylation sites is 1. The first-order valence-corrected chi connectivity index (χ1v) is 7.65. The van der Waals surface area contributed by atoms with Gasteiger partial charge in [-0.15, -0.1) is 0 Å². The molecule has 6 nitrogen and oxygen atoms in total. The number of carbonyl (C=O) groups excluding carboxylic acids is 1. The van der Waals surface area contributed by atoms with E-state index >= 15 is 0 Å². The number of rotatable bonds is 6. The van der Waals surface area contributed by atoms with Crippen molar-refractivity contribution < 1.29 is 24.2 Å². The van der Waals surface area contributed by atoms with E-state index < -0.39 is 5.97 Å². The van der Waals surface area contributed by atoms with Gasteiger partial charge in [-0.1, -0.05) is 18.2 Å². The predicted molar refractivity (Wildman–Crippen MR) is 84.6 cm³/mol. The van der Waals surface area contributed by atoms with E-state index in [9.17, 15) is 9.59 Å². The number of benzene rings is 1. The molecule has 0 radical (unpaired) electrons. The van der Waals surface area contributed by atoms with Crippen LogP contribution in [0.3, 0.4) is 0 Å². The van der Waals surface area contributed by atoms with Crippen molar-refractivity contribution in [1.82, 2.24) is 4.90 Å². The van der Waals surface area contributed by atoms with E-state index in [1.54, 1.807) is 12.0 Å². The largest absolute Gasteiger partial charge is 0.483 e. The summed E-state index contributed by atoms with van der Waals surface area (Å²) in [5, 5.41) is 9.00. The Bertz CT molecular complexity index is 566. The average molecular weight is 321 g/mol. The molecule has 1 N–H and O–H groups in total. The van der Waals surface area contributed by atoms with Gasteiger partial charge in [-0.3, -0.25) is 9.59 Å². The molecule has 1 heterocycles. The summed E-state index contributed by atoms with van der Waals surface area (Å²) >= 11 is 0. The standard InChI is InChI=1S/C17H23NO5/c1-11-5-4-6-12(2)17(11)23-10-15(19)18-9-14(22-3)7-13(18)8-16(20)21/h4-6,13-14H,7-10H2,1-3H3,(H,20,21). The summed E-state index contributed by atoms with van der Waals surface area (Å²) in [5.74, 6) is -0.420. The molecule has 1 aliphatic heterocycles. The predicted octanol–water partition coefficient (Wildman–Crippen LogP) is 1.77. The molecule has 0 spiro atoms. The molecular weight excluding hydrogens is 298 g/mol. The summed E-state index contributed by atoms with van der Waals surface area (Å²) in [6.45, 7) is 4.16. The Kier molecular flexibility index (Phi) is 5.60. The first-order chi connectivity index (χ1) is 10.9. The van der Waals surface area contributed by atoms with Crippen LogP contribution in [0.15, 0.2) is 18.2 Å². The second-order valence-corrected chi connectivity index (χ2v) is 5.90. The molecule has 0 aliphatic carbocycles. The van der Waals surface area contributed by atoms with E-state index in [0.717, 1.165) is 11.1 Å². The third-order valence-electron chi connectivity index (χ3n) is 4.19. The van der Waals surface area contributed by atoms with Gasteiger partial charge >= 0.3 is 5.97 Å². The maximum Gasteiger partial charge on any atom is 0.305 e. The lowest BCUT2D eigenvalue weighted by Crippen LogP contribution is -2.40. The minimum atomic E-state index is -0.916. The van der Waals surface area contributed by atoms with Crippen molar-refractivity contribution >= 4 is 11.9 Å². The van der Waals surface area contributed by atoms with E-state index in [0.29, 0.717) is 18.7 Å². The van der Waals surface area contributed by atoms with Gasteiger partial charge in [-0.05, 0) is 31.4 Å². The van der Waals surface area contributed by atoms with Gasteiger partial charge in [0.05, 0.1) is 12.5 Å². The fraction of sp³-hybridized carbons (Fsp3) is 0.529. The molecule has 2 unspecified atom stereocenters.